The van der Waals surface area contributed by atoms with Crippen LogP contribution in [0.25, 0.3) is 0 Å². The fourth-order valence-electron chi connectivity index (χ4n) is 2.64. The minimum Gasteiger partial charge on any atom is -0.457 e. The predicted molar refractivity (Wildman–Crippen MR) is 127 cm³/mol. The Bertz CT molecular complexity index is 593. The minimum absolute atomic E-state index is 0.0675. The van der Waals surface area contributed by atoms with E-state index >= 15 is 0 Å². The van der Waals surface area contributed by atoms with Crippen LogP contribution in [0.1, 0.15) is 71.1 Å². The molecule has 4 N–H and O–H groups in total. The number of aliphatic hydroxyl groups is 1. The summed E-state index contributed by atoms with van der Waals surface area (Å²) in [6.45, 7) is 1.12. The van der Waals surface area contributed by atoms with Gasteiger partial charge >= 0.3 is 13.8 Å². The molecule has 0 bridgehead atoms. The van der Waals surface area contributed by atoms with Crippen LogP contribution in [-0.4, -0.2) is 48.4 Å². The molecule has 0 aliphatic heterocycles. The molecule has 32 heavy (non-hydrogen) atoms. The van der Waals surface area contributed by atoms with Gasteiger partial charge in [0, 0.05) is 13.0 Å². The van der Waals surface area contributed by atoms with Crippen LogP contribution in [-0.2, 0) is 23.1 Å². The number of phosphoric ester groups is 1. The Hall–Kier alpha value is -1.28. The number of hydrogen-bond donors (Lipinski definition) is 3. The topological polar surface area (TPSA) is 128 Å². The fourth-order valence-corrected chi connectivity index (χ4v) is 3.41. The van der Waals surface area contributed by atoms with E-state index in [1.54, 1.807) is 0 Å². The smallest absolute Gasteiger partial charge is 0.457 e. The first-order valence-corrected chi connectivity index (χ1v) is 13.0. The van der Waals surface area contributed by atoms with E-state index in [-0.39, 0.29) is 19.6 Å². The lowest BCUT2D eigenvalue weighted by atomic mass is 10.1. The molecule has 0 amide bonds. The Balaban J connectivity index is 3.72. The maximum Gasteiger partial charge on any atom is 0.472 e. The highest BCUT2D eigenvalue weighted by Gasteiger charge is 2.24. The molecule has 0 rings (SSSR count). The van der Waals surface area contributed by atoms with E-state index in [0.717, 1.165) is 51.4 Å². The van der Waals surface area contributed by atoms with Crippen LogP contribution < -0.4 is 5.73 Å². The van der Waals surface area contributed by atoms with Gasteiger partial charge in [-0.25, -0.2) is 4.57 Å². The molecule has 2 atom stereocenters. The van der Waals surface area contributed by atoms with E-state index in [0.29, 0.717) is 6.42 Å². The molecule has 0 aliphatic carbocycles. The van der Waals surface area contributed by atoms with Crippen LogP contribution in [0.2, 0.25) is 0 Å². The number of unbranched alkanes of at least 4 members (excludes halogenated alkanes) is 5. The number of phosphoric acid groups is 1. The summed E-state index contributed by atoms with van der Waals surface area (Å²) in [5.41, 5.74) is 5.18. The van der Waals surface area contributed by atoms with E-state index in [2.05, 4.69) is 47.9 Å². The molecule has 0 heterocycles. The van der Waals surface area contributed by atoms with Gasteiger partial charge in [0.25, 0.3) is 0 Å². The Kier molecular flexibility index (Phi) is 20.7. The summed E-state index contributed by atoms with van der Waals surface area (Å²) in [7, 11) is -4.27. The molecule has 0 saturated carbocycles. The normalized spacial score (nSPS) is 15.0. The summed E-state index contributed by atoms with van der Waals surface area (Å²) < 4.78 is 25.9. The molecule has 186 valence electrons. The van der Waals surface area contributed by atoms with Crippen LogP contribution in [0.15, 0.2) is 36.5 Å². The molecule has 0 aromatic rings. The number of ether oxygens (including phenoxy) is 1. The fraction of sp³-hybridized carbons (Fsp3) is 0.696. The van der Waals surface area contributed by atoms with Gasteiger partial charge in [-0.05, 0) is 38.5 Å². The van der Waals surface area contributed by atoms with Gasteiger partial charge in [0.05, 0.1) is 19.8 Å². The number of esters is 1. The molecule has 8 nitrogen and oxygen atoms in total. The molecule has 0 spiro atoms. The zero-order valence-electron chi connectivity index (χ0n) is 19.4. The molecule has 0 saturated heterocycles. The van der Waals surface area contributed by atoms with Crippen molar-refractivity contribution in [1.29, 1.82) is 0 Å². The van der Waals surface area contributed by atoms with Crippen LogP contribution in [0.5, 0.6) is 0 Å². The molecule has 0 aromatic heterocycles. The van der Waals surface area contributed by atoms with Crippen molar-refractivity contribution < 1.29 is 33.1 Å². The van der Waals surface area contributed by atoms with Crippen molar-refractivity contribution in [3.63, 3.8) is 0 Å². The molecule has 0 radical (unpaired) electrons. The maximum absolute atomic E-state index is 11.9. The van der Waals surface area contributed by atoms with E-state index < -0.39 is 33.1 Å². The first kappa shape index (κ1) is 30.7. The Morgan fingerprint density at radius 1 is 0.969 bits per heavy atom. The number of rotatable bonds is 21. The third-order valence-corrected chi connectivity index (χ3v) is 5.31. The molecule has 1 unspecified atom stereocenters. The lowest BCUT2D eigenvalue weighted by molar-refractivity contribution is -0.153. The van der Waals surface area contributed by atoms with Crippen LogP contribution >= 0.6 is 7.82 Å². The Morgan fingerprint density at radius 3 is 2.25 bits per heavy atom. The van der Waals surface area contributed by atoms with Gasteiger partial charge in [0.15, 0.2) is 0 Å². The zero-order chi connectivity index (χ0) is 23.9. The van der Waals surface area contributed by atoms with Crippen LogP contribution in [0.3, 0.4) is 0 Å². The van der Waals surface area contributed by atoms with Crippen molar-refractivity contribution in [1.82, 2.24) is 0 Å². The predicted octanol–water partition coefficient (Wildman–Crippen LogP) is 4.57. The SMILES string of the molecule is CC/C=C\C/C=C\C/C=C\CCCCCCCC(=O)O[C@H](CO)COP(=O)(O)OCCN. The highest BCUT2D eigenvalue weighted by atomic mass is 31.2. The number of nitrogens with two attached hydrogens (primary N) is 1. The van der Waals surface area contributed by atoms with Gasteiger partial charge in [0.2, 0.25) is 0 Å². The van der Waals surface area contributed by atoms with Gasteiger partial charge in [0.1, 0.15) is 6.10 Å². The molecular formula is C23H42NO7P. The van der Waals surface area contributed by atoms with Crippen molar-refractivity contribution in [3.8, 4) is 0 Å². The number of allylic oxidation sites excluding steroid dienone is 6. The second kappa shape index (κ2) is 21.6. The van der Waals surface area contributed by atoms with E-state index in [1.165, 1.54) is 0 Å². The maximum atomic E-state index is 11.9. The van der Waals surface area contributed by atoms with Gasteiger partial charge < -0.3 is 20.5 Å². The van der Waals surface area contributed by atoms with Crippen molar-refractivity contribution >= 4 is 13.8 Å². The summed E-state index contributed by atoms with van der Waals surface area (Å²) in [6, 6.07) is 0. The monoisotopic (exact) mass is 475 g/mol. The number of carbonyl (C=O) groups excluding carboxylic acids is 1. The van der Waals surface area contributed by atoms with Gasteiger partial charge in [-0.1, -0.05) is 62.6 Å². The van der Waals surface area contributed by atoms with Crippen molar-refractivity contribution in [2.24, 2.45) is 5.73 Å². The Morgan fingerprint density at radius 2 is 1.59 bits per heavy atom. The minimum atomic E-state index is -4.27. The number of aliphatic hydroxyl groups excluding tert-OH is 1. The zero-order valence-corrected chi connectivity index (χ0v) is 20.3. The van der Waals surface area contributed by atoms with Crippen molar-refractivity contribution in [2.45, 2.75) is 77.2 Å². The summed E-state index contributed by atoms with van der Waals surface area (Å²) >= 11 is 0. The standard InChI is InChI=1S/C23H42NO7P/c1-2-3-4-5-6-7-8-9-10-11-12-13-14-15-16-17-23(26)31-22(20-25)21-30-32(27,28)29-19-18-24/h3-4,6-7,9-10,22,25H,2,5,8,11-21,24H2,1H3,(H,27,28)/b4-3-,7-6-,10-9-/t22-/m1/s1. The third kappa shape index (κ3) is 20.6. The van der Waals surface area contributed by atoms with E-state index in [1.807, 2.05) is 0 Å². The lowest BCUT2D eigenvalue weighted by Gasteiger charge is -2.17. The van der Waals surface area contributed by atoms with Crippen molar-refractivity contribution in [3.05, 3.63) is 36.5 Å². The van der Waals surface area contributed by atoms with Crippen LogP contribution in [0.4, 0.5) is 0 Å². The average Bonchev–Trinajstić information content (AvgIpc) is 2.77. The van der Waals surface area contributed by atoms with Crippen LogP contribution in [0, 0.1) is 0 Å². The average molecular weight is 476 g/mol. The quantitative estimate of drug-likeness (QED) is 0.0953. The summed E-state index contributed by atoms with van der Waals surface area (Å²) in [5, 5.41) is 9.25. The first-order valence-electron chi connectivity index (χ1n) is 11.5. The van der Waals surface area contributed by atoms with E-state index in [4.69, 9.17) is 15.0 Å². The first-order chi connectivity index (χ1) is 15.4. The molecular weight excluding hydrogens is 433 g/mol. The summed E-state index contributed by atoms with van der Waals surface area (Å²) in [6.07, 6.45) is 21.4. The second-order valence-electron chi connectivity index (χ2n) is 7.28. The second-order valence-corrected chi connectivity index (χ2v) is 8.73. The summed E-state index contributed by atoms with van der Waals surface area (Å²) in [4.78, 5) is 21.3. The molecule has 0 fully saturated rings. The van der Waals surface area contributed by atoms with E-state index in [9.17, 15) is 19.4 Å². The van der Waals surface area contributed by atoms with Gasteiger partial charge in [-0.15, -0.1) is 0 Å². The molecule has 0 aliphatic rings. The number of hydrogen-bond acceptors (Lipinski definition) is 7. The highest BCUT2D eigenvalue weighted by molar-refractivity contribution is 7.47. The van der Waals surface area contributed by atoms with Gasteiger partial charge in [-0.3, -0.25) is 13.8 Å². The molecule has 0 aromatic carbocycles. The molecule has 9 heteroatoms. The summed E-state index contributed by atoms with van der Waals surface area (Å²) in [5.74, 6) is -0.468. The lowest BCUT2D eigenvalue weighted by Crippen LogP contribution is -2.27. The number of carbonyl (C=O) groups is 1. The third-order valence-electron chi connectivity index (χ3n) is 4.33. The van der Waals surface area contributed by atoms with Crippen molar-refractivity contribution in [2.75, 3.05) is 26.4 Å². The largest absolute Gasteiger partial charge is 0.472 e. The highest BCUT2D eigenvalue weighted by Crippen LogP contribution is 2.42. The van der Waals surface area contributed by atoms with Gasteiger partial charge in [-0.2, -0.15) is 0 Å². The Labute approximate surface area is 193 Å².